The average Bonchev–Trinajstić information content (AvgIpc) is 3.17. The first-order valence-corrected chi connectivity index (χ1v) is 10.6. The van der Waals surface area contributed by atoms with Crippen molar-refractivity contribution in [3.05, 3.63) is 47.5 Å². The van der Waals surface area contributed by atoms with E-state index in [1.54, 1.807) is 32.4 Å². The molecule has 9 heteroatoms. The first kappa shape index (κ1) is 20.9. The van der Waals surface area contributed by atoms with E-state index in [-0.39, 0.29) is 11.7 Å². The van der Waals surface area contributed by atoms with Crippen LogP contribution in [0.15, 0.2) is 40.7 Å². The van der Waals surface area contributed by atoms with Crippen molar-refractivity contribution in [2.24, 2.45) is 0 Å². The number of methoxy groups -OCH3 is 2. The van der Waals surface area contributed by atoms with Gasteiger partial charge in [0.25, 0.3) is 0 Å². The average molecular weight is 431 g/mol. The van der Waals surface area contributed by atoms with Crippen molar-refractivity contribution in [2.45, 2.75) is 18.2 Å². The minimum atomic E-state index is -0.155. The lowest BCUT2D eigenvalue weighted by atomic mass is 10.1. The molecule has 1 heterocycles. The SMILES string of the molecule is COc1ccc(NC(=O)CSc2nnc(Nc3ccc(C)c(C)c3)s2)c(OC)c1. The molecule has 0 aliphatic heterocycles. The number of carbonyl (C=O) groups is 1. The minimum absolute atomic E-state index is 0.155. The molecule has 29 heavy (non-hydrogen) atoms. The number of carbonyl (C=O) groups excluding carboxylic acids is 1. The van der Waals surface area contributed by atoms with Crippen LogP contribution in [0.3, 0.4) is 0 Å². The zero-order valence-corrected chi connectivity index (χ0v) is 18.2. The van der Waals surface area contributed by atoms with Gasteiger partial charge in [-0.3, -0.25) is 4.79 Å². The van der Waals surface area contributed by atoms with Crippen molar-refractivity contribution in [3.63, 3.8) is 0 Å². The van der Waals surface area contributed by atoms with Gasteiger partial charge in [-0.25, -0.2) is 0 Å². The lowest BCUT2D eigenvalue weighted by Crippen LogP contribution is -2.14. The van der Waals surface area contributed by atoms with E-state index < -0.39 is 0 Å². The number of aromatic nitrogens is 2. The van der Waals surface area contributed by atoms with Crippen LogP contribution in [-0.4, -0.2) is 36.1 Å². The number of thioether (sulfide) groups is 1. The highest BCUT2D eigenvalue weighted by Crippen LogP contribution is 2.31. The summed E-state index contributed by atoms with van der Waals surface area (Å²) >= 11 is 2.74. The number of amides is 1. The number of aryl methyl sites for hydroxylation is 2. The van der Waals surface area contributed by atoms with Crippen molar-refractivity contribution in [1.29, 1.82) is 0 Å². The van der Waals surface area contributed by atoms with Crippen LogP contribution in [-0.2, 0) is 4.79 Å². The summed E-state index contributed by atoms with van der Waals surface area (Å²) in [6.45, 7) is 4.14. The van der Waals surface area contributed by atoms with Crippen LogP contribution in [0, 0.1) is 13.8 Å². The molecule has 0 radical (unpaired) electrons. The lowest BCUT2D eigenvalue weighted by Gasteiger charge is -2.11. The second kappa shape index (κ2) is 9.62. The summed E-state index contributed by atoms with van der Waals surface area (Å²) in [6.07, 6.45) is 0. The van der Waals surface area contributed by atoms with Crippen LogP contribution in [0.2, 0.25) is 0 Å². The summed E-state index contributed by atoms with van der Waals surface area (Å²) in [7, 11) is 3.12. The third kappa shape index (κ3) is 5.61. The van der Waals surface area contributed by atoms with Gasteiger partial charge in [-0.15, -0.1) is 10.2 Å². The largest absolute Gasteiger partial charge is 0.497 e. The number of ether oxygens (including phenoxy) is 2. The summed E-state index contributed by atoms with van der Waals surface area (Å²) in [5.41, 5.74) is 4.00. The second-order valence-corrected chi connectivity index (χ2v) is 8.40. The molecule has 0 saturated heterocycles. The van der Waals surface area contributed by atoms with Gasteiger partial charge in [0.05, 0.1) is 25.7 Å². The molecule has 0 atom stereocenters. The van der Waals surface area contributed by atoms with Gasteiger partial charge < -0.3 is 20.1 Å². The summed E-state index contributed by atoms with van der Waals surface area (Å²) < 4.78 is 11.2. The van der Waals surface area contributed by atoms with E-state index in [9.17, 15) is 4.79 Å². The molecule has 2 aromatic carbocycles. The van der Waals surface area contributed by atoms with Crippen molar-refractivity contribution in [3.8, 4) is 11.5 Å². The molecule has 0 spiro atoms. The molecule has 0 unspecified atom stereocenters. The third-order valence-electron chi connectivity index (χ3n) is 4.17. The van der Waals surface area contributed by atoms with Crippen LogP contribution in [0.4, 0.5) is 16.5 Å². The minimum Gasteiger partial charge on any atom is -0.497 e. The van der Waals surface area contributed by atoms with E-state index in [1.165, 1.54) is 34.2 Å². The standard InChI is InChI=1S/C20H22N4O3S2/c1-12-5-6-14(9-13(12)2)21-19-23-24-20(29-19)28-11-18(25)22-16-8-7-15(26-3)10-17(16)27-4/h5-10H,11H2,1-4H3,(H,21,23)(H,22,25). The smallest absolute Gasteiger partial charge is 0.234 e. The van der Waals surface area contributed by atoms with Crippen LogP contribution >= 0.6 is 23.1 Å². The molecule has 2 N–H and O–H groups in total. The Bertz CT molecular complexity index is 1010. The Labute approximate surface area is 177 Å². The molecule has 0 fully saturated rings. The van der Waals surface area contributed by atoms with Gasteiger partial charge in [0.15, 0.2) is 4.34 Å². The van der Waals surface area contributed by atoms with Gasteiger partial charge in [0, 0.05) is 11.8 Å². The number of hydrogen-bond donors (Lipinski definition) is 2. The first-order chi connectivity index (χ1) is 14.0. The predicted octanol–water partition coefficient (Wildman–Crippen LogP) is 4.65. The fraction of sp³-hybridized carbons (Fsp3) is 0.250. The molecule has 0 aliphatic carbocycles. The van der Waals surface area contributed by atoms with E-state index in [1.807, 2.05) is 6.07 Å². The van der Waals surface area contributed by atoms with E-state index in [4.69, 9.17) is 9.47 Å². The van der Waals surface area contributed by atoms with Crippen molar-refractivity contribution < 1.29 is 14.3 Å². The molecular formula is C20H22N4O3S2. The van der Waals surface area contributed by atoms with Crippen LogP contribution in [0.5, 0.6) is 11.5 Å². The number of hydrogen-bond acceptors (Lipinski definition) is 8. The predicted molar refractivity (Wildman–Crippen MR) is 118 cm³/mol. The van der Waals surface area contributed by atoms with Crippen molar-refractivity contribution in [1.82, 2.24) is 10.2 Å². The third-order valence-corrected chi connectivity index (χ3v) is 6.15. The summed E-state index contributed by atoms with van der Waals surface area (Å²) in [5.74, 6) is 1.26. The van der Waals surface area contributed by atoms with Crippen LogP contribution in [0.1, 0.15) is 11.1 Å². The topological polar surface area (TPSA) is 85.4 Å². The quantitative estimate of drug-likeness (QED) is 0.503. The van der Waals surface area contributed by atoms with Crippen molar-refractivity contribution >= 4 is 45.5 Å². The number of anilines is 3. The number of benzene rings is 2. The highest BCUT2D eigenvalue weighted by Gasteiger charge is 2.12. The molecule has 3 rings (SSSR count). The number of rotatable bonds is 8. The van der Waals surface area contributed by atoms with Crippen molar-refractivity contribution in [2.75, 3.05) is 30.6 Å². The molecule has 152 valence electrons. The Balaban J connectivity index is 1.55. The maximum Gasteiger partial charge on any atom is 0.234 e. The first-order valence-electron chi connectivity index (χ1n) is 8.81. The summed E-state index contributed by atoms with van der Waals surface area (Å²) in [5, 5.41) is 15.1. The lowest BCUT2D eigenvalue weighted by molar-refractivity contribution is -0.113. The van der Waals surface area contributed by atoms with E-state index in [0.717, 1.165) is 5.69 Å². The van der Waals surface area contributed by atoms with Gasteiger partial charge in [0.1, 0.15) is 11.5 Å². The Morgan fingerprint density at radius 1 is 1.07 bits per heavy atom. The molecule has 1 aromatic heterocycles. The van der Waals surface area contributed by atoms with Crippen LogP contribution in [0.25, 0.3) is 0 Å². The molecule has 0 bridgehead atoms. The normalized spacial score (nSPS) is 10.5. The van der Waals surface area contributed by atoms with E-state index in [0.29, 0.717) is 26.7 Å². The van der Waals surface area contributed by atoms with Gasteiger partial charge in [-0.2, -0.15) is 0 Å². The molecule has 1 amide bonds. The van der Waals surface area contributed by atoms with Gasteiger partial charge in [0.2, 0.25) is 11.0 Å². The number of nitrogens with one attached hydrogen (secondary N) is 2. The van der Waals surface area contributed by atoms with Gasteiger partial charge in [-0.1, -0.05) is 29.2 Å². The maximum atomic E-state index is 12.3. The monoisotopic (exact) mass is 430 g/mol. The van der Waals surface area contributed by atoms with E-state index >= 15 is 0 Å². The zero-order valence-electron chi connectivity index (χ0n) is 16.6. The highest BCUT2D eigenvalue weighted by molar-refractivity contribution is 8.01. The Morgan fingerprint density at radius 3 is 2.62 bits per heavy atom. The maximum absolute atomic E-state index is 12.3. The van der Waals surface area contributed by atoms with Gasteiger partial charge in [-0.05, 0) is 49.2 Å². The Kier molecular flexibility index (Phi) is 6.95. The fourth-order valence-electron chi connectivity index (χ4n) is 2.48. The molecule has 3 aromatic rings. The van der Waals surface area contributed by atoms with Crippen LogP contribution < -0.4 is 20.1 Å². The zero-order chi connectivity index (χ0) is 20.8. The Hall–Kier alpha value is -2.78. The molecular weight excluding hydrogens is 408 g/mol. The molecule has 7 nitrogen and oxygen atoms in total. The summed E-state index contributed by atoms with van der Waals surface area (Å²) in [6, 6.07) is 11.4. The Morgan fingerprint density at radius 2 is 1.90 bits per heavy atom. The summed E-state index contributed by atoms with van der Waals surface area (Å²) in [4.78, 5) is 12.3. The van der Waals surface area contributed by atoms with Gasteiger partial charge >= 0.3 is 0 Å². The van der Waals surface area contributed by atoms with E-state index in [2.05, 4.69) is 46.8 Å². The molecule has 0 aliphatic rings. The molecule has 0 saturated carbocycles. The second-order valence-electron chi connectivity index (χ2n) is 6.20. The fourth-order valence-corrected chi connectivity index (χ4v) is 4.05. The number of nitrogens with zero attached hydrogens (tertiary/aromatic N) is 2. The highest BCUT2D eigenvalue weighted by atomic mass is 32.2.